The second-order valence-electron chi connectivity index (χ2n) is 7.39. The molecule has 3 aromatic carbocycles. The van der Waals surface area contributed by atoms with Gasteiger partial charge in [-0.15, -0.1) is 0 Å². The minimum atomic E-state index is -4.30. The number of halogens is 3. The minimum Gasteiger partial charge on any atom is -0.166 e. The van der Waals surface area contributed by atoms with E-state index >= 15 is 0 Å². The summed E-state index contributed by atoms with van der Waals surface area (Å²) in [5.74, 6) is 0.187. The number of hydrogen-bond donors (Lipinski definition) is 0. The van der Waals surface area contributed by atoms with Crippen LogP contribution < -0.4 is 0 Å². The smallest absolute Gasteiger partial charge is 0.166 e. The van der Waals surface area contributed by atoms with Crippen molar-refractivity contribution in [2.24, 2.45) is 0 Å². The third kappa shape index (κ3) is 3.75. The molecule has 4 rings (SSSR count). The number of hydrogen-bond acceptors (Lipinski definition) is 0. The van der Waals surface area contributed by atoms with E-state index in [1.807, 2.05) is 18.2 Å². The van der Waals surface area contributed by atoms with Crippen LogP contribution in [0.1, 0.15) is 45.7 Å². The van der Waals surface area contributed by atoms with Gasteiger partial charge in [0.2, 0.25) is 0 Å². The van der Waals surface area contributed by atoms with Gasteiger partial charge >= 0.3 is 6.18 Å². The second-order valence-corrected chi connectivity index (χ2v) is 7.39. The molecule has 0 bridgehead atoms. The molecule has 0 spiro atoms. The number of aryl methyl sites for hydroxylation is 2. The Hall–Kier alpha value is -2.81. The summed E-state index contributed by atoms with van der Waals surface area (Å²) in [7, 11) is 0. The summed E-state index contributed by atoms with van der Waals surface area (Å²) >= 11 is 0. The Morgan fingerprint density at radius 3 is 2.39 bits per heavy atom. The first-order valence-electron chi connectivity index (χ1n) is 9.45. The fourth-order valence-corrected chi connectivity index (χ4v) is 4.00. The Labute approximate surface area is 163 Å². The van der Waals surface area contributed by atoms with Gasteiger partial charge in [-0.2, -0.15) is 13.2 Å². The maximum absolute atomic E-state index is 13.0. The Kier molecular flexibility index (Phi) is 4.84. The molecule has 1 aliphatic carbocycles. The minimum absolute atomic E-state index is 0.187. The summed E-state index contributed by atoms with van der Waals surface area (Å²) in [6.07, 6.45) is -0.701. The van der Waals surface area contributed by atoms with E-state index in [0.29, 0.717) is 6.42 Å². The first-order valence-corrected chi connectivity index (χ1v) is 9.45. The average Bonchev–Trinajstić information content (AvgIpc) is 3.04. The molecule has 0 amide bonds. The molecule has 0 saturated heterocycles. The van der Waals surface area contributed by atoms with Crippen molar-refractivity contribution in [3.63, 3.8) is 0 Å². The second kappa shape index (κ2) is 7.31. The summed E-state index contributed by atoms with van der Waals surface area (Å²) < 4.78 is 39.1. The average molecular weight is 378 g/mol. The summed E-state index contributed by atoms with van der Waals surface area (Å²) in [5.41, 5.74) is 6.24. The molecule has 0 heterocycles. The topological polar surface area (TPSA) is 0 Å². The zero-order valence-electron chi connectivity index (χ0n) is 15.6. The van der Waals surface area contributed by atoms with Crippen molar-refractivity contribution in [1.82, 2.24) is 0 Å². The lowest BCUT2D eigenvalue weighted by atomic mass is 9.86. The first kappa shape index (κ1) is 18.5. The molecule has 0 saturated carbocycles. The van der Waals surface area contributed by atoms with Crippen LogP contribution in [0.15, 0.2) is 72.8 Å². The van der Waals surface area contributed by atoms with Gasteiger partial charge in [0, 0.05) is 5.92 Å². The molecule has 0 radical (unpaired) electrons. The monoisotopic (exact) mass is 378 g/mol. The third-order valence-corrected chi connectivity index (χ3v) is 5.39. The molecule has 142 valence electrons. The Balaban J connectivity index is 1.63. The van der Waals surface area contributed by atoms with Crippen LogP contribution in [0.5, 0.6) is 0 Å². The predicted molar refractivity (Wildman–Crippen MR) is 108 cm³/mol. The van der Waals surface area contributed by atoms with E-state index in [2.05, 4.69) is 43.3 Å². The van der Waals surface area contributed by atoms with Gasteiger partial charge in [0.25, 0.3) is 0 Å². The van der Waals surface area contributed by atoms with Gasteiger partial charge in [-0.25, -0.2) is 0 Å². The van der Waals surface area contributed by atoms with Gasteiger partial charge in [-0.1, -0.05) is 78.4 Å². The summed E-state index contributed by atoms with van der Waals surface area (Å²) in [5, 5.41) is 0. The van der Waals surface area contributed by atoms with Crippen LogP contribution in [0.3, 0.4) is 0 Å². The number of allylic oxidation sites excluding steroid dienone is 1. The lowest BCUT2D eigenvalue weighted by Crippen LogP contribution is -2.06. The van der Waals surface area contributed by atoms with Crippen molar-refractivity contribution >= 4 is 11.6 Å². The van der Waals surface area contributed by atoms with E-state index in [4.69, 9.17) is 0 Å². The molecule has 3 aromatic rings. The van der Waals surface area contributed by atoms with Crippen LogP contribution in [-0.2, 0) is 12.6 Å². The van der Waals surface area contributed by atoms with Gasteiger partial charge in [-0.05, 0) is 53.7 Å². The van der Waals surface area contributed by atoms with E-state index in [1.165, 1.54) is 40.0 Å². The molecule has 0 aromatic heterocycles. The summed E-state index contributed by atoms with van der Waals surface area (Å²) in [6.45, 7) is 2.07. The molecule has 0 nitrogen and oxygen atoms in total. The molecule has 0 aliphatic heterocycles. The van der Waals surface area contributed by atoms with E-state index < -0.39 is 11.7 Å². The van der Waals surface area contributed by atoms with Gasteiger partial charge in [0.15, 0.2) is 0 Å². The summed E-state index contributed by atoms with van der Waals surface area (Å²) in [4.78, 5) is 0. The highest BCUT2D eigenvalue weighted by atomic mass is 19.4. The van der Waals surface area contributed by atoms with E-state index in [1.54, 1.807) is 6.07 Å². The Morgan fingerprint density at radius 2 is 1.64 bits per heavy atom. The molecule has 28 heavy (non-hydrogen) atoms. The summed E-state index contributed by atoms with van der Waals surface area (Å²) in [6, 6.07) is 22.4. The van der Waals surface area contributed by atoms with Crippen LogP contribution in [0, 0.1) is 6.92 Å². The van der Waals surface area contributed by atoms with Gasteiger partial charge in [0.1, 0.15) is 0 Å². The van der Waals surface area contributed by atoms with Crippen LogP contribution >= 0.6 is 0 Å². The highest BCUT2D eigenvalue weighted by Crippen LogP contribution is 2.44. The fraction of sp³-hybridized carbons (Fsp3) is 0.200. The fourth-order valence-electron chi connectivity index (χ4n) is 4.00. The normalized spacial score (nSPS) is 16.0. The SMILES string of the molecule is Cc1ccc2c(c1)C(CCc1cccc(C(F)(F)F)c1)C(c1ccccc1)=C2. The van der Waals surface area contributed by atoms with Gasteiger partial charge < -0.3 is 0 Å². The molecule has 0 fully saturated rings. The van der Waals surface area contributed by atoms with E-state index in [0.717, 1.165) is 18.1 Å². The van der Waals surface area contributed by atoms with Gasteiger partial charge in [0.05, 0.1) is 5.56 Å². The van der Waals surface area contributed by atoms with Crippen molar-refractivity contribution in [2.45, 2.75) is 31.9 Å². The zero-order chi connectivity index (χ0) is 19.7. The number of alkyl halides is 3. The molecule has 0 N–H and O–H groups in total. The highest BCUT2D eigenvalue weighted by molar-refractivity contribution is 5.91. The molecular weight excluding hydrogens is 357 g/mol. The predicted octanol–water partition coefficient (Wildman–Crippen LogP) is 7.28. The Morgan fingerprint density at radius 1 is 0.857 bits per heavy atom. The van der Waals surface area contributed by atoms with Crippen LogP contribution in [0.25, 0.3) is 11.6 Å². The zero-order valence-corrected chi connectivity index (χ0v) is 15.6. The lowest BCUT2D eigenvalue weighted by Gasteiger charge is -2.18. The standard InChI is InChI=1S/C25H21F3/c1-17-10-12-20-16-24(19-7-3-2-4-8-19)22(23(20)14-17)13-11-18-6-5-9-21(15-18)25(26,27)28/h2-10,12,14-16,22H,11,13H2,1H3. The highest BCUT2D eigenvalue weighted by Gasteiger charge is 2.31. The molecule has 1 aliphatic rings. The van der Waals surface area contributed by atoms with E-state index in [-0.39, 0.29) is 5.92 Å². The molecule has 1 unspecified atom stereocenters. The van der Waals surface area contributed by atoms with Crippen molar-refractivity contribution in [3.8, 4) is 0 Å². The first-order chi connectivity index (χ1) is 13.4. The van der Waals surface area contributed by atoms with Crippen LogP contribution in [0.2, 0.25) is 0 Å². The molecule has 1 atom stereocenters. The maximum atomic E-state index is 13.0. The lowest BCUT2D eigenvalue weighted by molar-refractivity contribution is -0.137. The van der Waals surface area contributed by atoms with Crippen molar-refractivity contribution in [3.05, 3.63) is 106 Å². The number of rotatable bonds is 4. The molecule has 3 heteroatoms. The molecular formula is C25H21F3. The number of fused-ring (bicyclic) bond motifs is 1. The van der Waals surface area contributed by atoms with Gasteiger partial charge in [-0.3, -0.25) is 0 Å². The van der Waals surface area contributed by atoms with Crippen LogP contribution in [-0.4, -0.2) is 0 Å². The third-order valence-electron chi connectivity index (χ3n) is 5.39. The quantitative estimate of drug-likeness (QED) is 0.447. The largest absolute Gasteiger partial charge is 0.416 e. The van der Waals surface area contributed by atoms with Crippen molar-refractivity contribution in [1.29, 1.82) is 0 Å². The van der Waals surface area contributed by atoms with Crippen molar-refractivity contribution < 1.29 is 13.2 Å². The Bertz CT molecular complexity index is 1010. The van der Waals surface area contributed by atoms with Crippen LogP contribution in [0.4, 0.5) is 13.2 Å². The number of benzene rings is 3. The maximum Gasteiger partial charge on any atom is 0.416 e. The van der Waals surface area contributed by atoms with E-state index in [9.17, 15) is 13.2 Å². The van der Waals surface area contributed by atoms with Crippen molar-refractivity contribution in [2.75, 3.05) is 0 Å².